The maximum atomic E-state index is 13.3. The molecular formula is C20H15FN2O2S. The van der Waals surface area contributed by atoms with E-state index in [1.54, 1.807) is 40.9 Å². The highest BCUT2D eigenvalue weighted by Gasteiger charge is 2.17. The summed E-state index contributed by atoms with van der Waals surface area (Å²) in [6.45, 7) is 0. The van der Waals surface area contributed by atoms with Gasteiger partial charge in [-0.05, 0) is 54.1 Å². The van der Waals surface area contributed by atoms with Gasteiger partial charge in [0.15, 0.2) is 9.84 Å². The zero-order valence-corrected chi connectivity index (χ0v) is 14.7. The lowest BCUT2D eigenvalue weighted by Crippen LogP contribution is -1.96. The summed E-state index contributed by atoms with van der Waals surface area (Å²) in [5, 5.41) is 4.64. The van der Waals surface area contributed by atoms with Crippen LogP contribution in [-0.2, 0) is 9.84 Å². The van der Waals surface area contributed by atoms with Crippen molar-refractivity contribution in [2.45, 2.75) is 4.90 Å². The van der Waals surface area contributed by atoms with E-state index in [0.29, 0.717) is 5.69 Å². The summed E-state index contributed by atoms with van der Waals surface area (Å²) in [5.74, 6) is -0.309. The molecule has 0 fully saturated rings. The van der Waals surface area contributed by atoms with E-state index in [-0.39, 0.29) is 10.7 Å². The van der Waals surface area contributed by atoms with Crippen LogP contribution in [0, 0.1) is 5.82 Å². The second kappa shape index (κ2) is 6.07. The fourth-order valence-electron chi connectivity index (χ4n) is 2.96. The van der Waals surface area contributed by atoms with Crippen molar-refractivity contribution < 1.29 is 12.8 Å². The molecule has 2 heterocycles. The molecular weight excluding hydrogens is 351 g/mol. The lowest BCUT2D eigenvalue weighted by atomic mass is 10.00. The van der Waals surface area contributed by atoms with Gasteiger partial charge in [-0.3, -0.25) is 0 Å². The number of fused-ring (bicyclic) bond motifs is 1. The molecule has 0 aliphatic heterocycles. The number of sulfone groups is 1. The third-order valence-corrected chi connectivity index (χ3v) is 5.36. The van der Waals surface area contributed by atoms with Crippen LogP contribution >= 0.6 is 0 Å². The van der Waals surface area contributed by atoms with Crippen molar-refractivity contribution in [3.05, 3.63) is 78.7 Å². The van der Waals surface area contributed by atoms with Gasteiger partial charge in [0.25, 0.3) is 0 Å². The quantitative estimate of drug-likeness (QED) is 0.546. The zero-order valence-electron chi connectivity index (χ0n) is 13.9. The van der Waals surface area contributed by atoms with Crippen LogP contribution in [0.2, 0.25) is 0 Å². The molecule has 0 N–H and O–H groups in total. The van der Waals surface area contributed by atoms with Gasteiger partial charge in [0.2, 0.25) is 0 Å². The molecule has 0 spiro atoms. The number of hydrogen-bond donors (Lipinski definition) is 0. The predicted octanol–water partition coefficient (Wildman–Crippen LogP) is 4.21. The Kier molecular flexibility index (Phi) is 3.85. The monoisotopic (exact) mass is 366 g/mol. The summed E-state index contributed by atoms with van der Waals surface area (Å²) >= 11 is 0. The molecule has 26 heavy (non-hydrogen) atoms. The van der Waals surface area contributed by atoms with Crippen molar-refractivity contribution in [3.8, 4) is 22.4 Å². The van der Waals surface area contributed by atoms with Gasteiger partial charge >= 0.3 is 0 Å². The lowest BCUT2D eigenvalue weighted by Gasteiger charge is -2.05. The number of rotatable bonds is 3. The maximum absolute atomic E-state index is 13.3. The highest BCUT2D eigenvalue weighted by molar-refractivity contribution is 7.90. The smallest absolute Gasteiger partial charge is 0.175 e. The van der Waals surface area contributed by atoms with Gasteiger partial charge < -0.3 is 0 Å². The number of benzene rings is 2. The first-order chi connectivity index (χ1) is 12.4. The van der Waals surface area contributed by atoms with E-state index in [9.17, 15) is 12.8 Å². The van der Waals surface area contributed by atoms with Crippen LogP contribution < -0.4 is 0 Å². The summed E-state index contributed by atoms with van der Waals surface area (Å²) in [6, 6.07) is 18.6. The number of nitrogens with zero attached hydrogens (tertiary/aromatic N) is 2. The molecule has 130 valence electrons. The lowest BCUT2D eigenvalue weighted by molar-refractivity contribution is 0.602. The van der Waals surface area contributed by atoms with Crippen LogP contribution in [0.25, 0.3) is 27.9 Å². The Labute approximate surface area is 150 Å². The second-order valence-electron chi connectivity index (χ2n) is 6.06. The van der Waals surface area contributed by atoms with Crippen molar-refractivity contribution in [1.29, 1.82) is 0 Å². The van der Waals surface area contributed by atoms with E-state index in [1.165, 1.54) is 18.4 Å². The minimum absolute atomic E-state index is 0.265. The Morgan fingerprint density at radius 2 is 1.54 bits per heavy atom. The molecule has 4 aromatic rings. The van der Waals surface area contributed by atoms with Crippen LogP contribution in [0.3, 0.4) is 0 Å². The van der Waals surface area contributed by atoms with Gasteiger partial charge in [-0.2, -0.15) is 5.10 Å². The molecule has 2 aromatic carbocycles. The molecule has 0 amide bonds. The molecule has 0 saturated carbocycles. The molecule has 0 radical (unpaired) electrons. The fourth-order valence-corrected chi connectivity index (χ4v) is 3.59. The van der Waals surface area contributed by atoms with Crippen molar-refractivity contribution in [1.82, 2.24) is 9.61 Å². The minimum Gasteiger partial charge on any atom is -0.240 e. The van der Waals surface area contributed by atoms with Crippen LogP contribution in [0.15, 0.2) is 77.8 Å². The summed E-state index contributed by atoms with van der Waals surface area (Å²) in [7, 11) is -3.26. The second-order valence-corrected chi connectivity index (χ2v) is 8.07. The van der Waals surface area contributed by atoms with Crippen molar-refractivity contribution in [3.63, 3.8) is 0 Å². The first kappa shape index (κ1) is 16.5. The number of hydrogen-bond acceptors (Lipinski definition) is 3. The third kappa shape index (κ3) is 2.88. The Hall–Kier alpha value is -2.99. The van der Waals surface area contributed by atoms with Gasteiger partial charge in [0.05, 0.1) is 10.4 Å². The largest absolute Gasteiger partial charge is 0.240 e. The van der Waals surface area contributed by atoms with Crippen LogP contribution in [0.1, 0.15) is 0 Å². The predicted molar refractivity (Wildman–Crippen MR) is 99.1 cm³/mol. The number of aromatic nitrogens is 2. The highest BCUT2D eigenvalue weighted by Crippen LogP contribution is 2.35. The van der Waals surface area contributed by atoms with Crippen molar-refractivity contribution in [2.24, 2.45) is 0 Å². The molecule has 4 nitrogen and oxygen atoms in total. The summed E-state index contributed by atoms with van der Waals surface area (Å²) in [6.07, 6.45) is 3.03. The topological polar surface area (TPSA) is 51.4 Å². The standard InChI is InChI=1S/C20H15FN2O2S/c1-26(24,25)17-11-7-14(8-12-17)19-18-4-2-3-13-23(18)22-20(19)15-5-9-16(21)10-6-15/h2-13H,1H3. The Balaban J connectivity index is 1.96. The van der Waals surface area contributed by atoms with Gasteiger partial charge in [0, 0.05) is 23.6 Å². The number of halogens is 1. The van der Waals surface area contributed by atoms with Gasteiger partial charge in [-0.15, -0.1) is 0 Å². The van der Waals surface area contributed by atoms with Crippen LogP contribution in [0.4, 0.5) is 4.39 Å². The Bertz CT molecular complexity index is 1200. The highest BCUT2D eigenvalue weighted by atomic mass is 32.2. The molecule has 2 aromatic heterocycles. The fraction of sp³-hybridized carbons (Fsp3) is 0.0500. The van der Waals surface area contributed by atoms with Gasteiger partial charge in [-0.25, -0.2) is 17.3 Å². The third-order valence-electron chi connectivity index (χ3n) is 4.23. The molecule has 0 aliphatic rings. The summed E-state index contributed by atoms with van der Waals surface area (Å²) < 4.78 is 38.5. The summed E-state index contributed by atoms with van der Waals surface area (Å²) in [4.78, 5) is 0.265. The van der Waals surface area contributed by atoms with Crippen molar-refractivity contribution in [2.75, 3.05) is 6.26 Å². The molecule has 6 heteroatoms. The van der Waals surface area contributed by atoms with Gasteiger partial charge in [0.1, 0.15) is 11.5 Å². The Morgan fingerprint density at radius 3 is 2.19 bits per heavy atom. The molecule has 0 atom stereocenters. The van der Waals surface area contributed by atoms with E-state index < -0.39 is 9.84 Å². The molecule has 0 bridgehead atoms. The first-order valence-corrected chi connectivity index (χ1v) is 9.86. The van der Waals surface area contributed by atoms with Crippen LogP contribution in [0.5, 0.6) is 0 Å². The summed E-state index contributed by atoms with van der Waals surface area (Å²) in [5.41, 5.74) is 4.11. The normalized spacial score (nSPS) is 11.8. The van der Waals surface area contributed by atoms with Crippen molar-refractivity contribution >= 4 is 15.4 Å². The molecule has 0 aliphatic carbocycles. The van der Waals surface area contributed by atoms with Gasteiger partial charge in [-0.1, -0.05) is 18.2 Å². The SMILES string of the molecule is CS(=O)(=O)c1ccc(-c2c(-c3ccc(F)cc3)nn3ccccc23)cc1. The van der Waals surface area contributed by atoms with E-state index in [1.807, 2.05) is 24.4 Å². The maximum Gasteiger partial charge on any atom is 0.175 e. The van der Waals surface area contributed by atoms with E-state index in [4.69, 9.17) is 0 Å². The first-order valence-electron chi connectivity index (χ1n) is 7.97. The van der Waals surface area contributed by atoms with E-state index >= 15 is 0 Å². The van der Waals surface area contributed by atoms with Crippen LogP contribution in [-0.4, -0.2) is 24.3 Å². The van der Waals surface area contributed by atoms with E-state index in [0.717, 1.165) is 22.2 Å². The average Bonchev–Trinajstić information content (AvgIpc) is 3.01. The molecule has 4 rings (SSSR count). The number of pyridine rings is 1. The average molecular weight is 366 g/mol. The Morgan fingerprint density at radius 1 is 0.885 bits per heavy atom. The minimum atomic E-state index is -3.26. The van der Waals surface area contributed by atoms with E-state index in [2.05, 4.69) is 5.10 Å². The zero-order chi connectivity index (χ0) is 18.3. The molecule has 0 unspecified atom stereocenters. The molecule has 0 saturated heterocycles.